The Bertz CT molecular complexity index is 888. The molecular weight excluding hydrogens is 369 g/mol. The molecule has 1 amide bonds. The van der Waals surface area contributed by atoms with Crippen molar-refractivity contribution in [2.45, 2.75) is 53.0 Å². The SMILES string of the molecule is CCOc1c(C(=O)NC2CCOCC2)cc(Cc2ccc(C)c(F)c2)c(C)c1C. The molecule has 0 saturated carbocycles. The Hall–Kier alpha value is -2.40. The Morgan fingerprint density at radius 3 is 2.55 bits per heavy atom. The molecule has 2 aromatic carbocycles. The standard InChI is InChI=1S/C24H30FNO3/c1-5-29-23-17(4)16(3)19(12-18-7-6-15(2)22(25)13-18)14-21(23)24(27)26-20-8-10-28-11-9-20/h6-7,13-14,20H,5,8-12H2,1-4H3,(H,26,27). The van der Waals surface area contributed by atoms with Crippen LogP contribution in [0, 0.1) is 26.6 Å². The normalized spacial score (nSPS) is 14.7. The van der Waals surface area contributed by atoms with E-state index in [1.807, 2.05) is 32.9 Å². The summed E-state index contributed by atoms with van der Waals surface area (Å²) in [4.78, 5) is 13.1. The minimum atomic E-state index is -0.208. The van der Waals surface area contributed by atoms with Gasteiger partial charge in [-0.05, 0) is 86.9 Å². The second-order valence-corrected chi connectivity index (χ2v) is 7.72. The number of aryl methyl sites for hydroxylation is 1. The predicted octanol–water partition coefficient (Wildman–Crippen LogP) is 4.65. The van der Waals surface area contributed by atoms with Crippen molar-refractivity contribution in [1.82, 2.24) is 5.32 Å². The lowest BCUT2D eigenvalue weighted by Gasteiger charge is -2.24. The maximum absolute atomic E-state index is 14.0. The van der Waals surface area contributed by atoms with Crippen LogP contribution in [-0.4, -0.2) is 31.8 Å². The molecule has 1 N–H and O–H groups in total. The number of carbonyl (C=O) groups excluding carboxylic acids is 1. The van der Waals surface area contributed by atoms with Crippen LogP contribution in [0.5, 0.6) is 5.75 Å². The summed E-state index contributed by atoms with van der Waals surface area (Å²) in [5, 5.41) is 3.13. The van der Waals surface area contributed by atoms with Crippen molar-refractivity contribution in [1.29, 1.82) is 0 Å². The average molecular weight is 400 g/mol. The van der Waals surface area contributed by atoms with Crippen molar-refractivity contribution in [3.05, 3.63) is 63.5 Å². The summed E-state index contributed by atoms with van der Waals surface area (Å²) in [6.45, 7) is 9.49. The van der Waals surface area contributed by atoms with E-state index in [9.17, 15) is 9.18 Å². The van der Waals surface area contributed by atoms with Crippen LogP contribution in [0.4, 0.5) is 4.39 Å². The predicted molar refractivity (Wildman–Crippen MR) is 112 cm³/mol. The first-order chi connectivity index (χ1) is 13.9. The first-order valence-corrected chi connectivity index (χ1v) is 10.3. The van der Waals surface area contributed by atoms with Gasteiger partial charge in [0.2, 0.25) is 0 Å². The average Bonchev–Trinajstić information content (AvgIpc) is 2.71. The molecule has 1 saturated heterocycles. The maximum atomic E-state index is 14.0. The lowest BCUT2D eigenvalue weighted by molar-refractivity contribution is 0.0695. The van der Waals surface area contributed by atoms with E-state index in [2.05, 4.69) is 5.32 Å². The lowest BCUT2D eigenvalue weighted by Crippen LogP contribution is -2.39. The number of rotatable bonds is 6. The molecule has 0 unspecified atom stereocenters. The maximum Gasteiger partial charge on any atom is 0.255 e. The third kappa shape index (κ3) is 4.96. The second-order valence-electron chi connectivity index (χ2n) is 7.72. The Balaban J connectivity index is 1.94. The molecule has 1 heterocycles. The summed E-state index contributed by atoms with van der Waals surface area (Å²) in [5.74, 6) is 0.300. The van der Waals surface area contributed by atoms with Crippen molar-refractivity contribution in [3.63, 3.8) is 0 Å². The van der Waals surface area contributed by atoms with Gasteiger partial charge in [0, 0.05) is 19.3 Å². The van der Waals surface area contributed by atoms with E-state index in [1.54, 1.807) is 19.1 Å². The zero-order valence-electron chi connectivity index (χ0n) is 17.7. The molecule has 1 aliphatic heterocycles. The fourth-order valence-electron chi connectivity index (χ4n) is 3.72. The van der Waals surface area contributed by atoms with Crippen LogP contribution in [0.1, 0.15) is 57.9 Å². The van der Waals surface area contributed by atoms with E-state index < -0.39 is 0 Å². The first kappa shape index (κ1) is 21.3. The van der Waals surface area contributed by atoms with Crippen molar-refractivity contribution >= 4 is 5.91 Å². The molecule has 0 aromatic heterocycles. The second kappa shape index (κ2) is 9.40. The summed E-state index contributed by atoms with van der Waals surface area (Å²) >= 11 is 0. The number of amides is 1. The van der Waals surface area contributed by atoms with Gasteiger partial charge in [0.1, 0.15) is 11.6 Å². The number of hydrogen-bond acceptors (Lipinski definition) is 3. The number of nitrogens with one attached hydrogen (secondary N) is 1. The Kier molecular flexibility index (Phi) is 6.91. The largest absolute Gasteiger partial charge is 0.493 e. The molecule has 156 valence electrons. The minimum Gasteiger partial charge on any atom is -0.493 e. The number of benzene rings is 2. The van der Waals surface area contributed by atoms with Gasteiger partial charge < -0.3 is 14.8 Å². The summed E-state index contributed by atoms with van der Waals surface area (Å²) < 4.78 is 25.2. The zero-order chi connectivity index (χ0) is 21.0. The zero-order valence-corrected chi connectivity index (χ0v) is 17.7. The van der Waals surface area contributed by atoms with E-state index in [1.165, 1.54) is 0 Å². The highest BCUT2D eigenvalue weighted by Crippen LogP contribution is 2.31. The third-order valence-electron chi connectivity index (χ3n) is 5.67. The molecule has 2 aromatic rings. The van der Waals surface area contributed by atoms with Crippen LogP contribution in [0.15, 0.2) is 24.3 Å². The van der Waals surface area contributed by atoms with Crippen LogP contribution in [0.2, 0.25) is 0 Å². The number of hydrogen-bond donors (Lipinski definition) is 1. The van der Waals surface area contributed by atoms with E-state index in [4.69, 9.17) is 9.47 Å². The highest BCUT2D eigenvalue weighted by molar-refractivity contribution is 5.98. The van der Waals surface area contributed by atoms with Crippen LogP contribution >= 0.6 is 0 Å². The van der Waals surface area contributed by atoms with Crippen molar-refractivity contribution in [2.75, 3.05) is 19.8 Å². The van der Waals surface area contributed by atoms with Gasteiger partial charge >= 0.3 is 0 Å². The first-order valence-electron chi connectivity index (χ1n) is 10.3. The number of carbonyl (C=O) groups is 1. The van der Waals surface area contributed by atoms with Crippen molar-refractivity contribution in [3.8, 4) is 5.75 Å². The molecule has 4 nitrogen and oxygen atoms in total. The van der Waals surface area contributed by atoms with Gasteiger partial charge in [0.05, 0.1) is 12.2 Å². The molecule has 0 radical (unpaired) electrons. The molecule has 1 aliphatic rings. The highest BCUT2D eigenvalue weighted by Gasteiger charge is 2.23. The molecule has 3 rings (SSSR count). The quantitative estimate of drug-likeness (QED) is 0.769. The highest BCUT2D eigenvalue weighted by atomic mass is 19.1. The third-order valence-corrected chi connectivity index (χ3v) is 5.67. The fourth-order valence-corrected chi connectivity index (χ4v) is 3.72. The topological polar surface area (TPSA) is 47.6 Å². The minimum absolute atomic E-state index is 0.113. The molecule has 5 heteroatoms. The molecule has 29 heavy (non-hydrogen) atoms. The Morgan fingerprint density at radius 1 is 1.17 bits per heavy atom. The smallest absolute Gasteiger partial charge is 0.255 e. The van der Waals surface area contributed by atoms with Crippen LogP contribution < -0.4 is 10.1 Å². The van der Waals surface area contributed by atoms with E-state index >= 15 is 0 Å². The summed E-state index contributed by atoms with van der Waals surface area (Å²) in [5.41, 5.74) is 5.09. The fraction of sp³-hybridized carbons (Fsp3) is 0.458. The number of ether oxygens (including phenoxy) is 2. The summed E-state index contributed by atoms with van der Waals surface area (Å²) in [6, 6.07) is 7.32. The van der Waals surface area contributed by atoms with Gasteiger partial charge in [-0.3, -0.25) is 4.79 Å². The van der Waals surface area contributed by atoms with Gasteiger partial charge in [-0.2, -0.15) is 0 Å². The van der Waals surface area contributed by atoms with Crippen molar-refractivity contribution in [2.24, 2.45) is 0 Å². The summed E-state index contributed by atoms with van der Waals surface area (Å²) in [7, 11) is 0. The van der Waals surface area contributed by atoms with Gasteiger partial charge in [0.15, 0.2) is 0 Å². The lowest BCUT2D eigenvalue weighted by atomic mass is 9.92. The molecular formula is C24H30FNO3. The molecule has 0 aliphatic carbocycles. The van der Waals surface area contributed by atoms with Gasteiger partial charge in [-0.1, -0.05) is 12.1 Å². The Morgan fingerprint density at radius 2 is 1.90 bits per heavy atom. The molecule has 0 spiro atoms. The van der Waals surface area contributed by atoms with Crippen LogP contribution in [0.3, 0.4) is 0 Å². The summed E-state index contributed by atoms with van der Waals surface area (Å²) in [6.07, 6.45) is 2.19. The van der Waals surface area contributed by atoms with Crippen molar-refractivity contribution < 1.29 is 18.7 Å². The van der Waals surface area contributed by atoms with Gasteiger partial charge in [-0.25, -0.2) is 4.39 Å². The van der Waals surface area contributed by atoms with Crippen LogP contribution in [0.25, 0.3) is 0 Å². The monoisotopic (exact) mass is 399 g/mol. The van der Waals surface area contributed by atoms with E-state index in [-0.39, 0.29) is 17.8 Å². The van der Waals surface area contributed by atoms with Gasteiger partial charge in [0.25, 0.3) is 5.91 Å². The number of halogens is 1. The van der Waals surface area contributed by atoms with E-state index in [0.29, 0.717) is 43.1 Å². The van der Waals surface area contributed by atoms with Gasteiger partial charge in [-0.15, -0.1) is 0 Å². The Labute approximate surface area is 172 Å². The molecule has 1 fully saturated rings. The van der Waals surface area contributed by atoms with E-state index in [0.717, 1.165) is 35.1 Å². The molecule has 0 bridgehead atoms. The molecule has 0 atom stereocenters. The van der Waals surface area contributed by atoms with Crippen LogP contribution in [-0.2, 0) is 11.2 Å².